The maximum absolute atomic E-state index is 13.0. The normalized spacial score (nSPS) is 14.8. The van der Waals surface area contributed by atoms with Crippen LogP contribution in [0.15, 0.2) is 71.0 Å². The Morgan fingerprint density at radius 2 is 1.89 bits per heavy atom. The third-order valence-corrected chi connectivity index (χ3v) is 6.18. The summed E-state index contributed by atoms with van der Waals surface area (Å²) in [4.78, 5) is 28.3. The number of amides is 2. The fourth-order valence-corrected chi connectivity index (χ4v) is 4.36. The number of nitrogens with zero attached hydrogens (tertiary/aromatic N) is 1. The van der Waals surface area contributed by atoms with E-state index >= 15 is 0 Å². The molecule has 2 amide bonds. The Labute approximate surface area is 210 Å². The number of rotatable bonds is 10. The number of furan rings is 1. The van der Waals surface area contributed by atoms with E-state index in [-0.39, 0.29) is 5.70 Å². The van der Waals surface area contributed by atoms with Crippen LogP contribution in [0, 0.1) is 0 Å². The number of fused-ring (bicyclic) bond motifs is 1. The zero-order valence-electron chi connectivity index (χ0n) is 20.7. The molecule has 0 bridgehead atoms. The molecule has 4 rings (SSSR count). The SMILES string of the molecule is COc1ccc(C(=O)N/C(=C\c2ccco2)C(=O)NCCCN2c3ccccc3CC2C)cc1OC. The summed E-state index contributed by atoms with van der Waals surface area (Å²) >= 11 is 0. The molecule has 188 valence electrons. The van der Waals surface area contributed by atoms with Gasteiger partial charge in [-0.05, 0) is 61.7 Å². The molecule has 0 radical (unpaired) electrons. The highest BCUT2D eigenvalue weighted by molar-refractivity contribution is 6.05. The highest BCUT2D eigenvalue weighted by Gasteiger charge is 2.25. The molecule has 36 heavy (non-hydrogen) atoms. The Morgan fingerprint density at radius 3 is 2.64 bits per heavy atom. The van der Waals surface area contributed by atoms with E-state index in [1.807, 2.05) is 0 Å². The van der Waals surface area contributed by atoms with E-state index in [4.69, 9.17) is 13.9 Å². The Hall–Kier alpha value is -4.20. The van der Waals surface area contributed by atoms with E-state index in [2.05, 4.69) is 46.7 Å². The third-order valence-electron chi connectivity index (χ3n) is 6.18. The molecule has 8 heteroatoms. The first-order chi connectivity index (χ1) is 17.5. The lowest BCUT2D eigenvalue weighted by molar-refractivity contribution is -0.117. The van der Waals surface area contributed by atoms with Crippen LogP contribution < -0.4 is 25.0 Å². The minimum atomic E-state index is -0.452. The van der Waals surface area contributed by atoms with E-state index in [1.165, 1.54) is 37.8 Å². The smallest absolute Gasteiger partial charge is 0.267 e. The van der Waals surface area contributed by atoms with Crippen molar-refractivity contribution in [2.24, 2.45) is 0 Å². The van der Waals surface area contributed by atoms with Gasteiger partial charge in [-0.25, -0.2) is 0 Å². The summed E-state index contributed by atoms with van der Waals surface area (Å²) in [5.41, 5.74) is 3.03. The van der Waals surface area contributed by atoms with Gasteiger partial charge in [0.2, 0.25) is 0 Å². The van der Waals surface area contributed by atoms with Crippen molar-refractivity contribution in [3.8, 4) is 11.5 Å². The van der Waals surface area contributed by atoms with Crippen LogP contribution >= 0.6 is 0 Å². The number of anilines is 1. The molecule has 1 unspecified atom stereocenters. The van der Waals surface area contributed by atoms with Crippen molar-refractivity contribution >= 4 is 23.6 Å². The summed E-state index contributed by atoms with van der Waals surface area (Å²) in [7, 11) is 3.02. The molecular formula is C28H31N3O5. The molecule has 1 atom stereocenters. The fourth-order valence-electron chi connectivity index (χ4n) is 4.36. The second-order valence-corrected chi connectivity index (χ2v) is 8.58. The number of methoxy groups -OCH3 is 2. The highest BCUT2D eigenvalue weighted by atomic mass is 16.5. The lowest BCUT2D eigenvalue weighted by atomic mass is 10.1. The fraction of sp³-hybridized carbons (Fsp3) is 0.286. The molecule has 1 aromatic heterocycles. The minimum Gasteiger partial charge on any atom is -0.493 e. The van der Waals surface area contributed by atoms with Crippen LogP contribution in [0.1, 0.15) is 35.0 Å². The average Bonchev–Trinajstić information content (AvgIpc) is 3.52. The first-order valence-electron chi connectivity index (χ1n) is 11.9. The van der Waals surface area contributed by atoms with Crippen molar-refractivity contribution in [1.82, 2.24) is 10.6 Å². The molecule has 0 aliphatic carbocycles. The summed E-state index contributed by atoms with van der Waals surface area (Å²) in [6.07, 6.45) is 4.81. The lowest BCUT2D eigenvalue weighted by Crippen LogP contribution is -2.37. The molecule has 2 heterocycles. The maximum Gasteiger partial charge on any atom is 0.267 e. The van der Waals surface area contributed by atoms with Crippen molar-refractivity contribution < 1.29 is 23.5 Å². The van der Waals surface area contributed by atoms with Gasteiger partial charge >= 0.3 is 0 Å². The monoisotopic (exact) mass is 489 g/mol. The molecule has 3 aromatic rings. The number of carbonyl (C=O) groups excluding carboxylic acids is 2. The summed E-state index contributed by atoms with van der Waals surface area (Å²) in [6.45, 7) is 3.51. The van der Waals surface area contributed by atoms with Crippen molar-refractivity contribution in [2.45, 2.75) is 25.8 Å². The Kier molecular flexibility index (Phi) is 7.95. The summed E-state index contributed by atoms with van der Waals surface area (Å²) in [6, 6.07) is 17.1. The van der Waals surface area contributed by atoms with Gasteiger partial charge in [0.05, 0.1) is 20.5 Å². The number of carbonyl (C=O) groups is 2. The molecule has 8 nitrogen and oxygen atoms in total. The van der Waals surface area contributed by atoms with Gasteiger partial charge < -0.3 is 29.4 Å². The van der Waals surface area contributed by atoms with Gasteiger partial charge in [-0.1, -0.05) is 18.2 Å². The largest absolute Gasteiger partial charge is 0.493 e. The number of hydrogen-bond donors (Lipinski definition) is 2. The number of benzene rings is 2. The molecule has 0 saturated heterocycles. The standard InChI is InChI=1S/C28H31N3O5/c1-19-16-20-8-4-5-10-24(20)31(19)14-7-13-29-28(33)23(18-22-9-6-15-36-22)30-27(32)21-11-12-25(34-2)26(17-21)35-3/h4-6,8-12,15,17-19H,7,13-14,16H2,1-3H3,(H,29,33)(H,30,32)/b23-18-. The lowest BCUT2D eigenvalue weighted by Gasteiger charge is -2.25. The van der Waals surface area contributed by atoms with E-state index in [9.17, 15) is 9.59 Å². The molecule has 0 fully saturated rings. The van der Waals surface area contributed by atoms with Crippen LogP contribution in [0.5, 0.6) is 11.5 Å². The van der Waals surface area contributed by atoms with Crippen LogP contribution in [0.3, 0.4) is 0 Å². The molecule has 2 aromatic carbocycles. The summed E-state index contributed by atoms with van der Waals surface area (Å²) < 4.78 is 15.9. The van der Waals surface area contributed by atoms with E-state index in [1.54, 1.807) is 30.3 Å². The number of para-hydroxylation sites is 1. The molecule has 1 aliphatic rings. The quantitative estimate of drug-likeness (QED) is 0.330. The topological polar surface area (TPSA) is 93.0 Å². The van der Waals surface area contributed by atoms with Crippen molar-refractivity contribution in [3.63, 3.8) is 0 Å². The van der Waals surface area contributed by atoms with Gasteiger partial charge in [0.1, 0.15) is 11.5 Å². The average molecular weight is 490 g/mol. The van der Waals surface area contributed by atoms with Crippen LogP contribution in [0.2, 0.25) is 0 Å². The van der Waals surface area contributed by atoms with Crippen LogP contribution in [0.25, 0.3) is 6.08 Å². The molecule has 2 N–H and O–H groups in total. The van der Waals surface area contributed by atoms with E-state index < -0.39 is 11.8 Å². The maximum atomic E-state index is 13.0. The van der Waals surface area contributed by atoms with Crippen LogP contribution in [-0.2, 0) is 11.2 Å². The molecule has 1 aliphatic heterocycles. The zero-order chi connectivity index (χ0) is 25.5. The zero-order valence-corrected chi connectivity index (χ0v) is 20.7. The Morgan fingerprint density at radius 1 is 1.08 bits per heavy atom. The number of nitrogens with one attached hydrogen (secondary N) is 2. The molecular weight excluding hydrogens is 458 g/mol. The van der Waals surface area contributed by atoms with Gasteiger partial charge in [0.15, 0.2) is 11.5 Å². The van der Waals surface area contributed by atoms with E-state index in [0.29, 0.717) is 35.4 Å². The van der Waals surface area contributed by atoms with E-state index in [0.717, 1.165) is 19.4 Å². The Balaban J connectivity index is 1.39. The highest BCUT2D eigenvalue weighted by Crippen LogP contribution is 2.31. The predicted octanol–water partition coefficient (Wildman–Crippen LogP) is 4.03. The second kappa shape index (κ2) is 11.5. The van der Waals surface area contributed by atoms with Crippen LogP contribution in [-0.4, -0.2) is 45.2 Å². The first-order valence-corrected chi connectivity index (χ1v) is 11.9. The van der Waals surface area contributed by atoms with Crippen LogP contribution in [0.4, 0.5) is 5.69 Å². The second-order valence-electron chi connectivity index (χ2n) is 8.58. The third kappa shape index (κ3) is 5.71. The van der Waals surface area contributed by atoms with Gasteiger partial charge in [-0.15, -0.1) is 0 Å². The Bertz CT molecular complexity index is 1240. The van der Waals surface area contributed by atoms with Gasteiger partial charge in [0.25, 0.3) is 11.8 Å². The summed E-state index contributed by atoms with van der Waals surface area (Å²) in [5, 5.41) is 5.63. The van der Waals surface area contributed by atoms with Gasteiger partial charge in [-0.2, -0.15) is 0 Å². The molecule has 0 spiro atoms. The predicted molar refractivity (Wildman–Crippen MR) is 138 cm³/mol. The minimum absolute atomic E-state index is 0.0876. The summed E-state index contributed by atoms with van der Waals surface area (Å²) in [5.74, 6) is 0.536. The number of ether oxygens (including phenoxy) is 2. The van der Waals surface area contributed by atoms with Crippen molar-refractivity contribution in [1.29, 1.82) is 0 Å². The van der Waals surface area contributed by atoms with Crippen molar-refractivity contribution in [3.05, 3.63) is 83.4 Å². The van der Waals surface area contributed by atoms with Gasteiger partial charge in [-0.3, -0.25) is 9.59 Å². The number of hydrogen-bond acceptors (Lipinski definition) is 6. The molecule has 0 saturated carbocycles. The van der Waals surface area contributed by atoms with Gasteiger partial charge in [0, 0.05) is 36.5 Å². The van der Waals surface area contributed by atoms with Crippen molar-refractivity contribution in [2.75, 3.05) is 32.2 Å². The first kappa shape index (κ1) is 24.9.